The van der Waals surface area contributed by atoms with Gasteiger partial charge >= 0.3 is 0 Å². The van der Waals surface area contributed by atoms with Gasteiger partial charge in [-0.05, 0) is 25.7 Å². The fourth-order valence-corrected chi connectivity index (χ4v) is 2.77. The Morgan fingerprint density at radius 2 is 2.00 bits per heavy atom. The Morgan fingerprint density at radius 1 is 1.25 bits per heavy atom. The molecule has 1 aliphatic carbocycles. The van der Waals surface area contributed by atoms with E-state index in [1.54, 1.807) is 4.88 Å². The molecular formula is C10H15NS. The van der Waals surface area contributed by atoms with Crippen LogP contribution in [-0.2, 0) is 12.8 Å². The van der Waals surface area contributed by atoms with Crippen LogP contribution in [0.15, 0.2) is 0 Å². The molecule has 0 N–H and O–H groups in total. The predicted molar refractivity (Wildman–Crippen MR) is 52.8 cm³/mol. The van der Waals surface area contributed by atoms with E-state index in [0.717, 1.165) is 0 Å². The van der Waals surface area contributed by atoms with Crippen molar-refractivity contribution >= 4 is 11.3 Å². The van der Waals surface area contributed by atoms with E-state index >= 15 is 0 Å². The predicted octanol–water partition coefficient (Wildman–Crippen LogP) is 3.15. The summed E-state index contributed by atoms with van der Waals surface area (Å²) in [5.41, 5.74) is 1.40. The van der Waals surface area contributed by atoms with Gasteiger partial charge in [-0.3, -0.25) is 0 Å². The molecule has 1 heterocycles. The fourth-order valence-electron chi connectivity index (χ4n) is 1.62. The molecule has 66 valence electrons. The number of rotatable bonds is 1. The molecule has 0 amide bonds. The van der Waals surface area contributed by atoms with Gasteiger partial charge in [0, 0.05) is 10.8 Å². The second-order valence-corrected chi connectivity index (χ2v) is 4.90. The zero-order valence-corrected chi connectivity index (χ0v) is 8.58. The van der Waals surface area contributed by atoms with E-state index in [9.17, 15) is 0 Å². The minimum Gasteiger partial charge on any atom is -0.246 e. The third kappa shape index (κ3) is 1.40. The topological polar surface area (TPSA) is 12.9 Å². The van der Waals surface area contributed by atoms with E-state index in [-0.39, 0.29) is 0 Å². The van der Waals surface area contributed by atoms with Gasteiger partial charge in [-0.2, -0.15) is 0 Å². The van der Waals surface area contributed by atoms with E-state index in [1.165, 1.54) is 36.4 Å². The molecule has 0 unspecified atom stereocenters. The standard InChI is InChI=1S/C10H15NS/c1-7(2)10-11-8-5-3-4-6-9(8)12-10/h7H,3-6H2,1-2H3. The maximum atomic E-state index is 4.67. The van der Waals surface area contributed by atoms with Crippen LogP contribution in [0.1, 0.15) is 48.2 Å². The van der Waals surface area contributed by atoms with Gasteiger partial charge in [0.15, 0.2) is 0 Å². The largest absolute Gasteiger partial charge is 0.246 e. The quantitative estimate of drug-likeness (QED) is 0.648. The minimum absolute atomic E-state index is 0.612. The first-order valence-electron chi connectivity index (χ1n) is 4.76. The van der Waals surface area contributed by atoms with E-state index in [1.807, 2.05) is 11.3 Å². The van der Waals surface area contributed by atoms with Crippen molar-refractivity contribution in [1.82, 2.24) is 4.98 Å². The summed E-state index contributed by atoms with van der Waals surface area (Å²) in [5, 5.41) is 1.34. The van der Waals surface area contributed by atoms with Crippen molar-refractivity contribution in [3.63, 3.8) is 0 Å². The SMILES string of the molecule is CC(C)c1nc2c(s1)CCCC2. The van der Waals surface area contributed by atoms with Gasteiger partial charge in [0.2, 0.25) is 0 Å². The second kappa shape index (κ2) is 3.17. The fraction of sp³-hybridized carbons (Fsp3) is 0.700. The third-order valence-corrected chi connectivity index (χ3v) is 3.81. The Bertz CT molecular complexity index is 252. The lowest BCUT2D eigenvalue weighted by Crippen LogP contribution is -1.99. The van der Waals surface area contributed by atoms with Gasteiger partial charge in [0.05, 0.1) is 10.7 Å². The number of aromatic nitrogens is 1. The maximum Gasteiger partial charge on any atom is 0.0956 e. The molecule has 1 aromatic rings. The lowest BCUT2D eigenvalue weighted by atomic mass is 10.0. The highest BCUT2D eigenvalue weighted by Gasteiger charge is 2.15. The van der Waals surface area contributed by atoms with Crippen molar-refractivity contribution < 1.29 is 0 Å². The summed E-state index contributed by atoms with van der Waals surface area (Å²) < 4.78 is 0. The molecule has 12 heavy (non-hydrogen) atoms. The number of nitrogens with zero attached hydrogens (tertiary/aromatic N) is 1. The van der Waals surface area contributed by atoms with Crippen molar-refractivity contribution in [3.05, 3.63) is 15.6 Å². The van der Waals surface area contributed by atoms with Gasteiger partial charge in [0.1, 0.15) is 0 Å². The number of hydrogen-bond donors (Lipinski definition) is 0. The Kier molecular flexibility index (Phi) is 2.18. The van der Waals surface area contributed by atoms with Gasteiger partial charge in [0.25, 0.3) is 0 Å². The van der Waals surface area contributed by atoms with Crippen molar-refractivity contribution in [2.75, 3.05) is 0 Å². The summed E-state index contributed by atoms with van der Waals surface area (Å²) in [5.74, 6) is 0.612. The van der Waals surface area contributed by atoms with Crippen molar-refractivity contribution in [3.8, 4) is 0 Å². The molecule has 0 fully saturated rings. The van der Waals surface area contributed by atoms with Crippen molar-refractivity contribution in [2.24, 2.45) is 0 Å². The zero-order valence-electron chi connectivity index (χ0n) is 7.76. The van der Waals surface area contributed by atoms with Crippen LogP contribution < -0.4 is 0 Å². The molecule has 0 bridgehead atoms. The van der Waals surface area contributed by atoms with Crippen LogP contribution in [0.4, 0.5) is 0 Å². The van der Waals surface area contributed by atoms with Crippen LogP contribution in [0.2, 0.25) is 0 Å². The summed E-state index contributed by atoms with van der Waals surface area (Å²) in [6, 6.07) is 0. The van der Waals surface area contributed by atoms with Crippen molar-refractivity contribution in [2.45, 2.75) is 45.4 Å². The molecule has 0 saturated heterocycles. The maximum absolute atomic E-state index is 4.67. The summed E-state index contributed by atoms with van der Waals surface area (Å²) >= 11 is 1.93. The molecule has 0 saturated carbocycles. The van der Waals surface area contributed by atoms with Gasteiger partial charge in [-0.15, -0.1) is 11.3 Å². The number of aryl methyl sites for hydroxylation is 2. The molecule has 0 spiro atoms. The average molecular weight is 181 g/mol. The Labute approximate surface area is 77.8 Å². The molecule has 1 aliphatic rings. The highest BCUT2D eigenvalue weighted by atomic mass is 32.1. The number of thiazole rings is 1. The van der Waals surface area contributed by atoms with Gasteiger partial charge < -0.3 is 0 Å². The molecule has 0 radical (unpaired) electrons. The molecule has 0 aromatic carbocycles. The summed E-state index contributed by atoms with van der Waals surface area (Å²) in [4.78, 5) is 6.23. The minimum atomic E-state index is 0.612. The monoisotopic (exact) mass is 181 g/mol. The van der Waals surface area contributed by atoms with Crippen LogP contribution in [0, 0.1) is 0 Å². The Hall–Kier alpha value is -0.370. The van der Waals surface area contributed by atoms with Crippen LogP contribution in [-0.4, -0.2) is 4.98 Å². The Balaban J connectivity index is 2.32. The number of fused-ring (bicyclic) bond motifs is 1. The molecular weight excluding hydrogens is 166 g/mol. The van der Waals surface area contributed by atoms with Gasteiger partial charge in [-0.1, -0.05) is 13.8 Å². The first-order valence-corrected chi connectivity index (χ1v) is 5.57. The summed E-state index contributed by atoms with van der Waals surface area (Å²) in [6.07, 6.45) is 5.21. The average Bonchev–Trinajstić information content (AvgIpc) is 2.46. The molecule has 1 aromatic heterocycles. The molecule has 2 heteroatoms. The van der Waals surface area contributed by atoms with E-state index in [2.05, 4.69) is 18.8 Å². The normalized spacial score (nSPS) is 16.6. The highest BCUT2D eigenvalue weighted by molar-refractivity contribution is 7.11. The van der Waals surface area contributed by atoms with Gasteiger partial charge in [-0.25, -0.2) is 4.98 Å². The van der Waals surface area contributed by atoms with E-state index in [4.69, 9.17) is 0 Å². The van der Waals surface area contributed by atoms with Crippen LogP contribution in [0.3, 0.4) is 0 Å². The van der Waals surface area contributed by atoms with E-state index < -0.39 is 0 Å². The molecule has 0 atom stereocenters. The van der Waals surface area contributed by atoms with Crippen LogP contribution >= 0.6 is 11.3 Å². The smallest absolute Gasteiger partial charge is 0.0956 e. The van der Waals surface area contributed by atoms with Crippen molar-refractivity contribution in [1.29, 1.82) is 0 Å². The third-order valence-electron chi connectivity index (χ3n) is 2.36. The summed E-state index contributed by atoms with van der Waals surface area (Å²) in [6.45, 7) is 4.45. The highest BCUT2D eigenvalue weighted by Crippen LogP contribution is 2.29. The first kappa shape index (κ1) is 8.24. The first-order chi connectivity index (χ1) is 5.77. The van der Waals surface area contributed by atoms with Crippen LogP contribution in [0.25, 0.3) is 0 Å². The molecule has 1 nitrogen and oxygen atoms in total. The lowest BCUT2D eigenvalue weighted by Gasteiger charge is -2.06. The summed E-state index contributed by atoms with van der Waals surface area (Å²) in [7, 11) is 0. The van der Waals surface area contributed by atoms with E-state index in [0.29, 0.717) is 5.92 Å². The number of hydrogen-bond acceptors (Lipinski definition) is 2. The second-order valence-electron chi connectivity index (χ2n) is 3.78. The van der Waals surface area contributed by atoms with Crippen LogP contribution in [0.5, 0.6) is 0 Å². The zero-order chi connectivity index (χ0) is 8.55. The molecule has 2 rings (SSSR count). The Morgan fingerprint density at radius 3 is 2.67 bits per heavy atom. The molecule has 0 aliphatic heterocycles. The lowest BCUT2D eigenvalue weighted by molar-refractivity contribution is 0.678.